The molecule has 2 aromatic carbocycles. The number of halogens is 1. The number of carboxylic acid groups (broad SMARTS) is 1. The Morgan fingerprint density at radius 3 is 1.58 bits per heavy atom. The lowest BCUT2D eigenvalue weighted by Gasteiger charge is -2.08. The SMILES string of the molecule is O=C(O)CCCCCCC(=O)Nc1ccc(CCCC(=O)Nc2ccc(CCBr)cc2)cc1. The number of carbonyl (C=O) groups is 3. The van der Waals surface area contributed by atoms with Gasteiger partial charge in [-0.05, 0) is 67.5 Å². The number of unbranched alkanes of at least 4 members (excludes halogenated alkanes) is 3. The van der Waals surface area contributed by atoms with E-state index in [2.05, 4.69) is 26.6 Å². The van der Waals surface area contributed by atoms with Crippen LogP contribution < -0.4 is 10.6 Å². The largest absolute Gasteiger partial charge is 0.481 e. The molecule has 2 rings (SSSR count). The van der Waals surface area contributed by atoms with Crippen LogP contribution in [0.15, 0.2) is 48.5 Å². The first-order valence-corrected chi connectivity index (χ1v) is 12.6. The third-order valence-electron chi connectivity index (χ3n) is 5.27. The molecular formula is C26H33BrN2O4. The van der Waals surface area contributed by atoms with Crippen LogP contribution in [0.5, 0.6) is 0 Å². The fraction of sp³-hybridized carbons (Fsp3) is 0.423. The Morgan fingerprint density at radius 1 is 0.636 bits per heavy atom. The van der Waals surface area contributed by atoms with Crippen molar-refractivity contribution in [3.8, 4) is 0 Å². The number of rotatable bonds is 15. The molecule has 0 saturated heterocycles. The summed E-state index contributed by atoms with van der Waals surface area (Å²) in [5, 5.41) is 15.4. The molecule has 0 aromatic heterocycles. The summed E-state index contributed by atoms with van der Waals surface area (Å²) in [5.41, 5.74) is 3.94. The molecule has 0 aliphatic rings. The van der Waals surface area contributed by atoms with Crippen LogP contribution in [0.2, 0.25) is 0 Å². The van der Waals surface area contributed by atoms with Crippen molar-refractivity contribution >= 4 is 45.1 Å². The number of nitrogens with one attached hydrogen (secondary N) is 2. The molecule has 0 bridgehead atoms. The van der Waals surface area contributed by atoms with Crippen molar-refractivity contribution in [1.29, 1.82) is 0 Å². The maximum atomic E-state index is 12.2. The van der Waals surface area contributed by atoms with Crippen LogP contribution in [0.1, 0.15) is 62.5 Å². The number of amides is 2. The third-order valence-corrected chi connectivity index (χ3v) is 5.67. The van der Waals surface area contributed by atoms with Gasteiger partial charge in [0.15, 0.2) is 0 Å². The fourth-order valence-electron chi connectivity index (χ4n) is 3.43. The minimum absolute atomic E-state index is 0.00934. The molecule has 0 unspecified atom stereocenters. The van der Waals surface area contributed by atoms with Crippen molar-refractivity contribution in [2.45, 2.75) is 64.2 Å². The molecule has 0 atom stereocenters. The van der Waals surface area contributed by atoms with Gasteiger partial charge in [-0.2, -0.15) is 0 Å². The van der Waals surface area contributed by atoms with E-state index in [-0.39, 0.29) is 18.2 Å². The first-order valence-electron chi connectivity index (χ1n) is 11.5. The lowest BCUT2D eigenvalue weighted by atomic mass is 10.1. The molecule has 2 aromatic rings. The van der Waals surface area contributed by atoms with Gasteiger partial charge < -0.3 is 15.7 Å². The molecule has 0 aliphatic carbocycles. The van der Waals surface area contributed by atoms with E-state index in [1.807, 2.05) is 48.5 Å². The van der Waals surface area contributed by atoms with E-state index in [0.717, 1.165) is 60.8 Å². The van der Waals surface area contributed by atoms with Crippen LogP contribution in [0.25, 0.3) is 0 Å². The highest BCUT2D eigenvalue weighted by molar-refractivity contribution is 9.09. The smallest absolute Gasteiger partial charge is 0.303 e. The van der Waals surface area contributed by atoms with Crippen molar-refractivity contribution in [2.75, 3.05) is 16.0 Å². The Morgan fingerprint density at radius 2 is 1.09 bits per heavy atom. The normalized spacial score (nSPS) is 10.6. The number of anilines is 2. The Kier molecular flexibility index (Phi) is 12.3. The molecule has 2 amide bonds. The van der Waals surface area contributed by atoms with Gasteiger partial charge >= 0.3 is 5.97 Å². The summed E-state index contributed by atoms with van der Waals surface area (Å²) in [6.07, 6.45) is 6.69. The molecule has 3 N–H and O–H groups in total. The Bertz CT molecular complexity index is 882. The van der Waals surface area contributed by atoms with Crippen LogP contribution >= 0.6 is 15.9 Å². The van der Waals surface area contributed by atoms with Crippen LogP contribution in [0.4, 0.5) is 11.4 Å². The van der Waals surface area contributed by atoms with E-state index in [1.54, 1.807) is 0 Å². The maximum Gasteiger partial charge on any atom is 0.303 e. The highest BCUT2D eigenvalue weighted by Crippen LogP contribution is 2.15. The van der Waals surface area contributed by atoms with Crippen molar-refractivity contribution in [2.24, 2.45) is 0 Å². The van der Waals surface area contributed by atoms with Gasteiger partial charge in [-0.1, -0.05) is 53.0 Å². The summed E-state index contributed by atoms with van der Waals surface area (Å²) in [7, 11) is 0. The number of carboxylic acids is 1. The first-order chi connectivity index (χ1) is 16.0. The molecule has 0 saturated carbocycles. The number of hydrogen-bond acceptors (Lipinski definition) is 3. The summed E-state index contributed by atoms with van der Waals surface area (Å²) in [4.78, 5) is 34.7. The van der Waals surface area contributed by atoms with Crippen molar-refractivity contribution in [3.05, 3.63) is 59.7 Å². The van der Waals surface area contributed by atoms with Gasteiger partial charge in [0.25, 0.3) is 0 Å². The van der Waals surface area contributed by atoms with Crippen molar-refractivity contribution < 1.29 is 19.5 Å². The second-order valence-corrected chi connectivity index (χ2v) is 8.88. The summed E-state index contributed by atoms with van der Waals surface area (Å²) < 4.78 is 0. The molecule has 178 valence electrons. The number of alkyl halides is 1. The predicted molar refractivity (Wildman–Crippen MR) is 136 cm³/mol. The van der Waals surface area contributed by atoms with E-state index >= 15 is 0 Å². The molecule has 0 heterocycles. The van der Waals surface area contributed by atoms with Crippen molar-refractivity contribution in [1.82, 2.24) is 0 Å². The van der Waals surface area contributed by atoms with E-state index in [9.17, 15) is 14.4 Å². The zero-order valence-electron chi connectivity index (χ0n) is 18.9. The van der Waals surface area contributed by atoms with Crippen molar-refractivity contribution in [3.63, 3.8) is 0 Å². The second kappa shape index (κ2) is 15.2. The van der Waals surface area contributed by atoms with E-state index in [4.69, 9.17) is 5.11 Å². The van der Waals surface area contributed by atoms with E-state index < -0.39 is 5.97 Å². The summed E-state index contributed by atoms with van der Waals surface area (Å²) in [5.74, 6) is -0.792. The maximum absolute atomic E-state index is 12.2. The quantitative estimate of drug-likeness (QED) is 0.201. The lowest BCUT2D eigenvalue weighted by molar-refractivity contribution is -0.137. The summed E-state index contributed by atoms with van der Waals surface area (Å²) >= 11 is 3.42. The minimum atomic E-state index is -0.772. The lowest BCUT2D eigenvalue weighted by Crippen LogP contribution is -2.12. The first kappa shape index (κ1) is 26.6. The molecule has 0 radical (unpaired) electrons. The van der Waals surface area contributed by atoms with Gasteiger partial charge in [-0.3, -0.25) is 14.4 Å². The molecular weight excluding hydrogens is 484 g/mol. The predicted octanol–water partition coefficient (Wildman–Crippen LogP) is 5.95. The van der Waals surface area contributed by atoms with Gasteiger partial charge in [0, 0.05) is 36.0 Å². The molecule has 0 spiro atoms. The Labute approximate surface area is 204 Å². The summed E-state index contributed by atoms with van der Waals surface area (Å²) in [6.45, 7) is 0. The van der Waals surface area contributed by atoms with Crippen LogP contribution in [-0.2, 0) is 27.2 Å². The molecule has 7 heteroatoms. The van der Waals surface area contributed by atoms with Gasteiger partial charge in [-0.15, -0.1) is 0 Å². The van der Waals surface area contributed by atoms with Gasteiger partial charge in [0.2, 0.25) is 11.8 Å². The number of aliphatic carboxylic acids is 1. The zero-order valence-corrected chi connectivity index (χ0v) is 20.5. The van der Waals surface area contributed by atoms with E-state index in [1.165, 1.54) is 5.56 Å². The number of hydrogen-bond donors (Lipinski definition) is 3. The minimum Gasteiger partial charge on any atom is -0.481 e. The van der Waals surface area contributed by atoms with Gasteiger partial charge in [0.1, 0.15) is 0 Å². The Hall–Kier alpha value is -2.67. The number of aryl methyl sites for hydroxylation is 2. The van der Waals surface area contributed by atoms with E-state index in [0.29, 0.717) is 19.3 Å². The summed E-state index contributed by atoms with van der Waals surface area (Å²) in [6, 6.07) is 15.6. The highest BCUT2D eigenvalue weighted by atomic mass is 79.9. The average Bonchev–Trinajstić information content (AvgIpc) is 2.78. The van der Waals surface area contributed by atoms with Crippen LogP contribution in [-0.4, -0.2) is 28.2 Å². The average molecular weight is 517 g/mol. The number of carbonyl (C=O) groups excluding carboxylic acids is 2. The van der Waals surface area contributed by atoms with Gasteiger partial charge in [0.05, 0.1) is 0 Å². The molecule has 33 heavy (non-hydrogen) atoms. The standard InChI is InChI=1S/C26H33BrN2O4/c27-19-18-21-12-16-23(17-13-21)29-25(31)8-5-6-20-10-14-22(15-11-20)28-24(30)7-3-1-2-4-9-26(32)33/h10-17H,1-9,18-19H2,(H,28,30)(H,29,31)(H,32,33). The highest BCUT2D eigenvalue weighted by Gasteiger charge is 2.05. The number of benzene rings is 2. The van der Waals surface area contributed by atoms with Gasteiger partial charge in [-0.25, -0.2) is 0 Å². The topological polar surface area (TPSA) is 95.5 Å². The monoisotopic (exact) mass is 516 g/mol. The zero-order chi connectivity index (χ0) is 23.9. The third kappa shape index (κ3) is 11.7. The fourth-order valence-corrected chi connectivity index (χ4v) is 3.89. The van der Waals surface area contributed by atoms with Crippen LogP contribution in [0, 0.1) is 0 Å². The molecule has 6 nitrogen and oxygen atoms in total. The molecule has 0 fully saturated rings. The molecule has 0 aliphatic heterocycles. The second-order valence-electron chi connectivity index (χ2n) is 8.09. The van der Waals surface area contributed by atoms with Crippen LogP contribution in [0.3, 0.4) is 0 Å². The Balaban J connectivity index is 1.62.